The molecule has 0 atom stereocenters. The number of rotatable bonds is 8. The predicted molar refractivity (Wildman–Crippen MR) is 109 cm³/mol. The van der Waals surface area contributed by atoms with Crippen LogP contribution in [0.2, 0.25) is 5.02 Å². The number of hydrogen-bond acceptors (Lipinski definition) is 5. The molecule has 0 saturated carbocycles. The first-order valence-corrected chi connectivity index (χ1v) is 9.31. The molecule has 1 N–H and O–H groups in total. The molecule has 3 aromatic rings. The van der Waals surface area contributed by atoms with Gasteiger partial charge >= 0.3 is 5.97 Å². The molecule has 0 radical (unpaired) electrons. The summed E-state index contributed by atoms with van der Waals surface area (Å²) in [6.45, 7) is -0.369. The molecule has 0 unspecified atom stereocenters. The first-order chi connectivity index (χ1) is 14.0. The second-order valence-electron chi connectivity index (χ2n) is 6.19. The minimum atomic E-state index is -0.458. The Balaban J connectivity index is 1.42. The Labute approximate surface area is 173 Å². The summed E-state index contributed by atoms with van der Waals surface area (Å²) in [5.74, 6) is -0.400. The molecular formula is C21H20ClN3O4. The van der Waals surface area contributed by atoms with Gasteiger partial charge < -0.3 is 14.8 Å². The maximum atomic E-state index is 11.9. The van der Waals surface area contributed by atoms with E-state index in [2.05, 4.69) is 10.4 Å². The molecule has 1 aromatic heterocycles. The number of para-hydroxylation sites is 1. The standard InChI is InChI=1S/C21H20ClN3O4/c1-28-19-9-8-16(11-18(19)22)24-20(26)14-29-21(27)10-7-15-12-23-25(13-15)17-5-3-2-4-6-17/h2-6,8-9,11-13H,7,10,14H2,1H3,(H,24,26). The molecule has 3 rings (SSSR count). The number of nitrogens with one attached hydrogen (secondary N) is 1. The molecule has 0 bridgehead atoms. The van der Waals surface area contributed by atoms with Crippen LogP contribution < -0.4 is 10.1 Å². The third-order valence-corrected chi connectivity index (χ3v) is 4.37. The summed E-state index contributed by atoms with van der Waals surface area (Å²) in [6, 6.07) is 14.5. The molecule has 2 aromatic carbocycles. The van der Waals surface area contributed by atoms with Crippen molar-refractivity contribution in [1.82, 2.24) is 9.78 Å². The predicted octanol–water partition coefficient (Wildman–Crippen LogP) is 3.65. The number of aryl methyl sites for hydroxylation is 1. The fourth-order valence-electron chi connectivity index (χ4n) is 2.62. The summed E-state index contributed by atoms with van der Waals surface area (Å²) in [5.41, 5.74) is 2.34. The molecule has 0 fully saturated rings. The maximum absolute atomic E-state index is 11.9. The van der Waals surface area contributed by atoms with Gasteiger partial charge in [-0.2, -0.15) is 5.10 Å². The van der Waals surface area contributed by atoms with Crippen LogP contribution in [0.5, 0.6) is 5.75 Å². The second kappa shape index (κ2) is 9.75. The zero-order valence-corrected chi connectivity index (χ0v) is 16.6. The summed E-state index contributed by atoms with van der Waals surface area (Å²) in [4.78, 5) is 23.9. The quantitative estimate of drug-likeness (QED) is 0.570. The lowest BCUT2D eigenvalue weighted by molar-refractivity contribution is -0.147. The number of hydrogen-bond donors (Lipinski definition) is 1. The zero-order chi connectivity index (χ0) is 20.6. The average Bonchev–Trinajstić information content (AvgIpc) is 3.21. The van der Waals surface area contributed by atoms with Gasteiger partial charge in [-0.05, 0) is 42.3 Å². The summed E-state index contributed by atoms with van der Waals surface area (Å²) in [5, 5.41) is 7.27. The maximum Gasteiger partial charge on any atom is 0.306 e. The van der Waals surface area contributed by atoms with Crippen molar-refractivity contribution in [3.8, 4) is 11.4 Å². The Kier molecular flexibility index (Phi) is 6.86. The smallest absolute Gasteiger partial charge is 0.306 e. The van der Waals surface area contributed by atoms with E-state index in [-0.39, 0.29) is 13.0 Å². The molecule has 29 heavy (non-hydrogen) atoms. The number of nitrogens with zero attached hydrogens (tertiary/aromatic N) is 2. The Morgan fingerprint density at radius 2 is 1.97 bits per heavy atom. The Morgan fingerprint density at radius 3 is 2.69 bits per heavy atom. The molecule has 150 valence electrons. The second-order valence-corrected chi connectivity index (χ2v) is 6.59. The van der Waals surface area contributed by atoms with E-state index in [4.69, 9.17) is 21.1 Å². The van der Waals surface area contributed by atoms with Crippen molar-refractivity contribution >= 4 is 29.2 Å². The highest BCUT2D eigenvalue weighted by atomic mass is 35.5. The number of esters is 1. The largest absolute Gasteiger partial charge is 0.495 e. The molecule has 1 heterocycles. The van der Waals surface area contributed by atoms with Gasteiger partial charge in [0.1, 0.15) is 5.75 Å². The van der Waals surface area contributed by atoms with Crippen LogP contribution in [0, 0.1) is 0 Å². The van der Waals surface area contributed by atoms with Gasteiger partial charge in [-0.3, -0.25) is 9.59 Å². The van der Waals surface area contributed by atoms with Crippen molar-refractivity contribution in [1.29, 1.82) is 0 Å². The van der Waals surface area contributed by atoms with E-state index >= 15 is 0 Å². The highest BCUT2D eigenvalue weighted by Crippen LogP contribution is 2.27. The normalized spacial score (nSPS) is 10.4. The van der Waals surface area contributed by atoms with Crippen LogP contribution in [-0.2, 0) is 20.7 Å². The molecule has 0 aliphatic carbocycles. The lowest BCUT2D eigenvalue weighted by Crippen LogP contribution is -2.21. The Hall–Kier alpha value is -3.32. The summed E-state index contributed by atoms with van der Waals surface area (Å²) in [6.07, 6.45) is 4.20. The molecule has 0 aliphatic heterocycles. The van der Waals surface area contributed by atoms with Gasteiger partial charge in [0.2, 0.25) is 0 Å². The van der Waals surface area contributed by atoms with E-state index in [0.29, 0.717) is 22.9 Å². The summed E-state index contributed by atoms with van der Waals surface area (Å²) < 4.78 is 11.8. The fraction of sp³-hybridized carbons (Fsp3) is 0.190. The number of halogens is 1. The number of aromatic nitrogens is 2. The molecule has 7 nitrogen and oxygen atoms in total. The van der Waals surface area contributed by atoms with Gasteiger partial charge in [-0.25, -0.2) is 4.68 Å². The highest BCUT2D eigenvalue weighted by molar-refractivity contribution is 6.32. The molecule has 0 spiro atoms. The van der Waals surface area contributed by atoms with Gasteiger partial charge in [0.05, 0.1) is 24.0 Å². The van der Waals surface area contributed by atoms with Crippen LogP contribution >= 0.6 is 11.6 Å². The van der Waals surface area contributed by atoms with Crippen molar-refractivity contribution < 1.29 is 19.1 Å². The molecule has 0 saturated heterocycles. The van der Waals surface area contributed by atoms with Gasteiger partial charge in [-0.15, -0.1) is 0 Å². The van der Waals surface area contributed by atoms with Crippen LogP contribution in [0.1, 0.15) is 12.0 Å². The van der Waals surface area contributed by atoms with Crippen LogP contribution in [0.3, 0.4) is 0 Å². The van der Waals surface area contributed by atoms with E-state index in [0.717, 1.165) is 11.3 Å². The zero-order valence-electron chi connectivity index (χ0n) is 15.8. The number of methoxy groups -OCH3 is 1. The van der Waals surface area contributed by atoms with E-state index in [1.165, 1.54) is 7.11 Å². The third-order valence-electron chi connectivity index (χ3n) is 4.07. The van der Waals surface area contributed by atoms with Crippen molar-refractivity contribution in [3.63, 3.8) is 0 Å². The summed E-state index contributed by atoms with van der Waals surface area (Å²) in [7, 11) is 1.51. The topological polar surface area (TPSA) is 82.4 Å². The highest BCUT2D eigenvalue weighted by Gasteiger charge is 2.10. The molecular weight excluding hydrogens is 394 g/mol. The number of amides is 1. The fourth-order valence-corrected chi connectivity index (χ4v) is 2.87. The number of ether oxygens (including phenoxy) is 2. The van der Waals surface area contributed by atoms with E-state index in [1.807, 2.05) is 36.5 Å². The Bertz CT molecular complexity index is 989. The van der Waals surface area contributed by atoms with Gasteiger partial charge in [-0.1, -0.05) is 29.8 Å². The number of carbonyl (C=O) groups is 2. The molecule has 1 amide bonds. The number of carbonyl (C=O) groups excluding carboxylic acids is 2. The van der Waals surface area contributed by atoms with Crippen molar-refractivity contribution in [2.75, 3.05) is 19.0 Å². The minimum Gasteiger partial charge on any atom is -0.495 e. The van der Waals surface area contributed by atoms with Crippen molar-refractivity contribution in [2.24, 2.45) is 0 Å². The molecule has 0 aliphatic rings. The number of anilines is 1. The van der Waals surface area contributed by atoms with Gasteiger partial charge in [0, 0.05) is 18.3 Å². The minimum absolute atomic E-state index is 0.155. The number of benzene rings is 2. The van der Waals surface area contributed by atoms with Crippen LogP contribution in [0.4, 0.5) is 5.69 Å². The first-order valence-electron chi connectivity index (χ1n) is 8.93. The van der Waals surface area contributed by atoms with Crippen LogP contribution in [0.25, 0.3) is 5.69 Å². The third kappa shape index (κ3) is 5.83. The lowest BCUT2D eigenvalue weighted by Gasteiger charge is -2.08. The van der Waals surface area contributed by atoms with E-state index < -0.39 is 11.9 Å². The first kappa shape index (κ1) is 20.4. The van der Waals surface area contributed by atoms with Crippen LogP contribution in [-0.4, -0.2) is 35.4 Å². The molecule has 8 heteroatoms. The lowest BCUT2D eigenvalue weighted by atomic mass is 10.2. The van der Waals surface area contributed by atoms with Crippen LogP contribution in [0.15, 0.2) is 60.9 Å². The van der Waals surface area contributed by atoms with E-state index in [9.17, 15) is 9.59 Å². The Morgan fingerprint density at radius 1 is 1.17 bits per heavy atom. The monoisotopic (exact) mass is 413 g/mol. The van der Waals surface area contributed by atoms with Crippen molar-refractivity contribution in [2.45, 2.75) is 12.8 Å². The van der Waals surface area contributed by atoms with E-state index in [1.54, 1.807) is 29.1 Å². The average molecular weight is 414 g/mol. The van der Waals surface area contributed by atoms with Gasteiger partial charge in [0.15, 0.2) is 6.61 Å². The summed E-state index contributed by atoms with van der Waals surface area (Å²) >= 11 is 6.01. The van der Waals surface area contributed by atoms with Gasteiger partial charge in [0.25, 0.3) is 5.91 Å². The van der Waals surface area contributed by atoms with Crippen molar-refractivity contribution in [3.05, 3.63) is 71.5 Å². The SMILES string of the molecule is COc1ccc(NC(=O)COC(=O)CCc2cnn(-c3ccccc3)c2)cc1Cl.